The van der Waals surface area contributed by atoms with Crippen LogP contribution in [-0.4, -0.2) is 31.7 Å². The SMILES string of the molecule is COC(=O)c1cc2c(cc1NC(=O)CCl)OCO2. The zero-order chi connectivity index (χ0) is 13.1. The molecule has 7 heteroatoms. The first kappa shape index (κ1) is 12.5. The molecule has 1 heterocycles. The summed E-state index contributed by atoms with van der Waals surface area (Å²) in [5.74, 6) is -0.347. The lowest BCUT2D eigenvalue weighted by atomic mass is 10.1. The number of carbonyl (C=O) groups is 2. The predicted molar refractivity (Wildman–Crippen MR) is 63.3 cm³/mol. The van der Waals surface area contributed by atoms with Crippen molar-refractivity contribution >= 4 is 29.2 Å². The Labute approximate surface area is 108 Å². The Kier molecular flexibility index (Phi) is 3.57. The Hall–Kier alpha value is -1.95. The molecule has 1 N–H and O–H groups in total. The molecule has 0 saturated carbocycles. The molecule has 1 aromatic carbocycles. The minimum Gasteiger partial charge on any atom is -0.465 e. The van der Waals surface area contributed by atoms with Gasteiger partial charge in [0.2, 0.25) is 12.7 Å². The largest absolute Gasteiger partial charge is 0.465 e. The summed E-state index contributed by atoms with van der Waals surface area (Å²) in [5.41, 5.74) is 0.456. The normalized spacial score (nSPS) is 12.1. The fourth-order valence-electron chi connectivity index (χ4n) is 1.51. The van der Waals surface area contributed by atoms with Crippen LogP contribution in [0.5, 0.6) is 11.5 Å². The lowest BCUT2D eigenvalue weighted by Crippen LogP contribution is -2.16. The van der Waals surface area contributed by atoms with Gasteiger partial charge in [-0.3, -0.25) is 4.79 Å². The van der Waals surface area contributed by atoms with Gasteiger partial charge in [0.05, 0.1) is 18.4 Å². The van der Waals surface area contributed by atoms with Crippen molar-refractivity contribution in [2.75, 3.05) is 25.1 Å². The van der Waals surface area contributed by atoms with Crippen LogP contribution >= 0.6 is 11.6 Å². The van der Waals surface area contributed by atoms with E-state index in [2.05, 4.69) is 10.1 Å². The zero-order valence-electron chi connectivity index (χ0n) is 9.49. The molecule has 0 atom stereocenters. The number of halogens is 1. The fourth-order valence-corrected chi connectivity index (χ4v) is 1.57. The van der Waals surface area contributed by atoms with E-state index in [0.717, 1.165) is 0 Å². The number of ether oxygens (including phenoxy) is 3. The first-order valence-corrected chi connectivity index (χ1v) is 5.57. The second-order valence-corrected chi connectivity index (χ2v) is 3.69. The van der Waals surface area contributed by atoms with Crippen molar-refractivity contribution in [2.45, 2.75) is 0 Å². The number of anilines is 1. The van der Waals surface area contributed by atoms with E-state index in [0.29, 0.717) is 11.5 Å². The van der Waals surface area contributed by atoms with Crippen molar-refractivity contribution in [2.24, 2.45) is 0 Å². The molecule has 96 valence electrons. The molecule has 0 fully saturated rings. The highest BCUT2D eigenvalue weighted by Gasteiger charge is 2.22. The maximum Gasteiger partial charge on any atom is 0.340 e. The van der Waals surface area contributed by atoms with Gasteiger partial charge in [0.25, 0.3) is 0 Å². The van der Waals surface area contributed by atoms with Crippen molar-refractivity contribution in [1.82, 2.24) is 0 Å². The standard InChI is InChI=1S/C11H10ClNO5/c1-16-11(15)6-2-8-9(18-5-17-8)3-7(6)13-10(14)4-12/h2-3H,4-5H2,1H3,(H,13,14). The van der Waals surface area contributed by atoms with Gasteiger partial charge in [-0.2, -0.15) is 0 Å². The number of nitrogens with one attached hydrogen (secondary N) is 1. The topological polar surface area (TPSA) is 73.9 Å². The van der Waals surface area contributed by atoms with Crippen LogP contribution in [0.15, 0.2) is 12.1 Å². The number of amides is 1. The van der Waals surface area contributed by atoms with E-state index in [4.69, 9.17) is 21.1 Å². The van der Waals surface area contributed by atoms with Crippen LogP contribution < -0.4 is 14.8 Å². The van der Waals surface area contributed by atoms with Gasteiger partial charge in [-0.25, -0.2) is 4.79 Å². The molecule has 0 spiro atoms. The molecule has 2 rings (SSSR count). The Bertz CT molecular complexity index is 502. The first-order chi connectivity index (χ1) is 8.65. The lowest BCUT2D eigenvalue weighted by Gasteiger charge is -2.10. The molecule has 1 aromatic rings. The van der Waals surface area contributed by atoms with E-state index >= 15 is 0 Å². The summed E-state index contributed by atoms with van der Waals surface area (Å²) in [5, 5.41) is 2.50. The van der Waals surface area contributed by atoms with Crippen LogP contribution in [0, 0.1) is 0 Å². The number of fused-ring (bicyclic) bond motifs is 1. The number of rotatable bonds is 3. The highest BCUT2D eigenvalue weighted by atomic mass is 35.5. The summed E-state index contributed by atoms with van der Waals surface area (Å²) in [6.07, 6.45) is 0. The van der Waals surface area contributed by atoms with Crippen molar-refractivity contribution in [3.05, 3.63) is 17.7 Å². The van der Waals surface area contributed by atoms with Gasteiger partial charge in [0, 0.05) is 12.1 Å². The molecule has 0 aliphatic carbocycles. The van der Waals surface area contributed by atoms with Crippen LogP contribution in [0.2, 0.25) is 0 Å². The minimum atomic E-state index is -0.585. The minimum absolute atomic E-state index is 0.0723. The molecule has 6 nitrogen and oxygen atoms in total. The Balaban J connectivity index is 2.41. The average Bonchev–Trinajstić information content (AvgIpc) is 2.83. The van der Waals surface area contributed by atoms with Gasteiger partial charge in [-0.15, -0.1) is 11.6 Å². The summed E-state index contributed by atoms with van der Waals surface area (Å²) in [4.78, 5) is 22.9. The first-order valence-electron chi connectivity index (χ1n) is 5.03. The fraction of sp³-hybridized carbons (Fsp3) is 0.273. The molecular formula is C11H10ClNO5. The number of alkyl halides is 1. The molecule has 0 aromatic heterocycles. The van der Waals surface area contributed by atoms with Gasteiger partial charge in [0.1, 0.15) is 5.88 Å². The van der Waals surface area contributed by atoms with Gasteiger partial charge < -0.3 is 19.5 Å². The molecule has 0 radical (unpaired) electrons. The number of hydrogen-bond acceptors (Lipinski definition) is 5. The molecular weight excluding hydrogens is 262 g/mol. The molecule has 0 saturated heterocycles. The second-order valence-electron chi connectivity index (χ2n) is 3.42. The Morgan fingerprint density at radius 1 is 1.39 bits per heavy atom. The van der Waals surface area contributed by atoms with Crippen LogP contribution in [0.3, 0.4) is 0 Å². The maximum absolute atomic E-state index is 11.6. The molecule has 0 unspecified atom stereocenters. The summed E-state index contributed by atoms with van der Waals surface area (Å²) in [6, 6.07) is 2.96. The smallest absolute Gasteiger partial charge is 0.340 e. The Morgan fingerprint density at radius 2 is 2.06 bits per heavy atom. The summed E-state index contributed by atoms with van der Waals surface area (Å²) >= 11 is 5.40. The lowest BCUT2D eigenvalue weighted by molar-refractivity contribution is -0.113. The van der Waals surface area contributed by atoms with Crippen molar-refractivity contribution in [3.63, 3.8) is 0 Å². The molecule has 1 amide bonds. The number of benzene rings is 1. The van der Waals surface area contributed by atoms with Gasteiger partial charge in [-0.1, -0.05) is 0 Å². The molecule has 18 heavy (non-hydrogen) atoms. The Morgan fingerprint density at radius 3 is 2.67 bits per heavy atom. The molecule has 1 aliphatic heterocycles. The van der Waals surface area contributed by atoms with Crippen LogP contribution in [-0.2, 0) is 9.53 Å². The van der Waals surface area contributed by atoms with Crippen LogP contribution in [0.1, 0.15) is 10.4 Å². The number of methoxy groups -OCH3 is 1. The third kappa shape index (κ3) is 2.33. The third-order valence-corrected chi connectivity index (χ3v) is 2.56. The van der Waals surface area contributed by atoms with E-state index in [-0.39, 0.29) is 23.9 Å². The van der Waals surface area contributed by atoms with Gasteiger partial charge in [0.15, 0.2) is 11.5 Å². The highest BCUT2D eigenvalue weighted by molar-refractivity contribution is 6.29. The van der Waals surface area contributed by atoms with Gasteiger partial charge in [-0.05, 0) is 0 Å². The predicted octanol–water partition coefficient (Wildman–Crippen LogP) is 1.38. The van der Waals surface area contributed by atoms with Crippen LogP contribution in [0.25, 0.3) is 0 Å². The van der Waals surface area contributed by atoms with E-state index < -0.39 is 11.9 Å². The van der Waals surface area contributed by atoms with Crippen molar-refractivity contribution < 1.29 is 23.8 Å². The molecule has 0 bridgehead atoms. The third-order valence-electron chi connectivity index (χ3n) is 2.31. The van der Waals surface area contributed by atoms with E-state index in [1.807, 2.05) is 0 Å². The number of carbonyl (C=O) groups excluding carboxylic acids is 2. The molecule has 1 aliphatic rings. The summed E-state index contributed by atoms with van der Waals surface area (Å²) in [7, 11) is 1.25. The summed E-state index contributed by atoms with van der Waals surface area (Å²) in [6.45, 7) is 0.0723. The van der Waals surface area contributed by atoms with E-state index in [9.17, 15) is 9.59 Å². The van der Waals surface area contributed by atoms with E-state index in [1.165, 1.54) is 19.2 Å². The monoisotopic (exact) mass is 271 g/mol. The summed E-state index contributed by atoms with van der Waals surface area (Å²) < 4.78 is 14.9. The average molecular weight is 272 g/mol. The van der Waals surface area contributed by atoms with Crippen LogP contribution in [0.4, 0.5) is 5.69 Å². The number of esters is 1. The zero-order valence-corrected chi connectivity index (χ0v) is 10.2. The van der Waals surface area contributed by atoms with Crippen molar-refractivity contribution in [3.8, 4) is 11.5 Å². The van der Waals surface area contributed by atoms with E-state index in [1.54, 1.807) is 0 Å². The quantitative estimate of drug-likeness (QED) is 0.664. The van der Waals surface area contributed by atoms with Crippen molar-refractivity contribution in [1.29, 1.82) is 0 Å². The maximum atomic E-state index is 11.6. The highest BCUT2D eigenvalue weighted by Crippen LogP contribution is 2.37. The second kappa shape index (κ2) is 5.14. The van der Waals surface area contributed by atoms with Gasteiger partial charge >= 0.3 is 5.97 Å². The number of hydrogen-bond donors (Lipinski definition) is 1.